The highest BCUT2D eigenvalue weighted by molar-refractivity contribution is 7.85. The van der Waals surface area contributed by atoms with Crippen molar-refractivity contribution in [2.24, 2.45) is 0 Å². The molecule has 2 atom stereocenters. The zero-order chi connectivity index (χ0) is 46.3. The summed E-state index contributed by atoms with van der Waals surface area (Å²) in [6.45, 7) is 6.01. The maximum absolute atomic E-state index is 12.6. The van der Waals surface area contributed by atoms with E-state index < -0.39 is 27.6 Å². The first-order valence-electron chi connectivity index (χ1n) is 23.3. The van der Waals surface area contributed by atoms with Gasteiger partial charge in [-0.3, -0.25) is 8.42 Å². The fourth-order valence-corrected chi connectivity index (χ4v) is 11.7. The Morgan fingerprint density at radius 3 is 1.40 bits per heavy atom. The minimum atomic E-state index is -1.05. The van der Waals surface area contributed by atoms with Crippen LogP contribution in [0.25, 0.3) is 0 Å². The summed E-state index contributed by atoms with van der Waals surface area (Å²) < 4.78 is 53.1. The van der Waals surface area contributed by atoms with Crippen molar-refractivity contribution in [2.45, 2.75) is 98.3 Å². The first kappa shape index (κ1) is 46.7. The second-order valence-electron chi connectivity index (χ2n) is 17.4. The minimum Gasteiger partial charge on any atom is -0.490 e. The number of hydrogen-bond acceptors (Lipinski definition) is 17. The number of aryl methyl sites for hydroxylation is 2. The minimum absolute atomic E-state index is 0.0543. The Morgan fingerprint density at radius 2 is 1.01 bits per heavy atom. The topological polar surface area (TPSA) is 217 Å². The van der Waals surface area contributed by atoms with Crippen LogP contribution in [0.5, 0.6) is 11.5 Å². The highest BCUT2D eigenvalue weighted by atomic mass is 32.2. The highest BCUT2D eigenvalue weighted by Gasteiger charge is 2.32. The van der Waals surface area contributed by atoms with Crippen molar-refractivity contribution in [1.29, 1.82) is 0 Å². The molecule has 4 saturated heterocycles. The van der Waals surface area contributed by atoms with Crippen molar-refractivity contribution in [1.82, 2.24) is 19.9 Å². The predicted octanol–water partition coefficient (Wildman–Crippen LogP) is 5.04. The number of piperidine rings is 2. The lowest BCUT2D eigenvalue weighted by Gasteiger charge is -2.33. The largest absolute Gasteiger partial charge is 0.490 e. The average molecular weight is 959 g/mol. The molecule has 6 aliphatic rings. The van der Waals surface area contributed by atoms with Crippen molar-refractivity contribution in [3.63, 3.8) is 0 Å². The number of nitrogens with one attached hydrogen (secondary N) is 2. The summed E-state index contributed by atoms with van der Waals surface area (Å²) in [6, 6.07) is 14.1. The zero-order valence-electron chi connectivity index (χ0n) is 37.7. The van der Waals surface area contributed by atoms with Crippen LogP contribution in [0, 0.1) is 0 Å². The molecule has 0 bridgehead atoms. The van der Waals surface area contributed by atoms with Crippen LogP contribution >= 0.6 is 0 Å². The Bertz CT molecular complexity index is 2420. The molecule has 10 rings (SSSR count). The molecule has 6 aliphatic heterocycles. The molecule has 8 heterocycles. The van der Waals surface area contributed by atoms with E-state index in [9.17, 15) is 18.0 Å². The number of carboxylic acid groups (broad SMARTS) is 1. The summed E-state index contributed by atoms with van der Waals surface area (Å²) in [5, 5.41) is 16.1. The number of carboxylic acids is 1. The Kier molecular flexibility index (Phi) is 15.1. The van der Waals surface area contributed by atoms with Gasteiger partial charge in [-0.25, -0.2) is 19.6 Å². The summed E-state index contributed by atoms with van der Waals surface area (Å²) in [5.74, 6) is 4.17. The van der Waals surface area contributed by atoms with Crippen LogP contribution in [-0.2, 0) is 48.7 Å². The Morgan fingerprint density at radius 1 is 0.612 bits per heavy atom. The molecule has 0 amide bonds. The SMILES string of the molecule is COC(=O)c1ccc(OC2CCN(c3nc4c(c(NC5CCOCC5)n3)S(=O)CC4)CC2)cc1.O=C(O)c1ccc(OC2CCN(c3nc4c(c(NC5CCOCC5)n3)S(=O)CC4)CC2)cc1. The third kappa shape index (κ3) is 11.5. The third-order valence-corrected chi connectivity index (χ3v) is 15.8. The number of benzene rings is 2. The van der Waals surface area contributed by atoms with Crippen LogP contribution in [0.4, 0.5) is 23.5 Å². The van der Waals surface area contributed by atoms with Gasteiger partial charge in [-0.1, -0.05) is 0 Å². The van der Waals surface area contributed by atoms with Gasteiger partial charge in [0, 0.05) is 115 Å². The molecule has 0 spiro atoms. The number of carbonyl (C=O) groups is 2. The van der Waals surface area contributed by atoms with Gasteiger partial charge < -0.3 is 49.2 Å². The van der Waals surface area contributed by atoms with Crippen LogP contribution in [0.15, 0.2) is 58.3 Å². The van der Waals surface area contributed by atoms with E-state index in [2.05, 4.69) is 20.4 Å². The van der Waals surface area contributed by atoms with Gasteiger partial charge in [-0.2, -0.15) is 9.97 Å². The molecule has 0 radical (unpaired) electrons. The van der Waals surface area contributed by atoms with E-state index in [-0.39, 0.29) is 35.8 Å². The monoisotopic (exact) mass is 958 g/mol. The third-order valence-electron chi connectivity index (χ3n) is 12.9. The van der Waals surface area contributed by atoms with Gasteiger partial charge in [-0.05, 0) is 74.2 Å². The van der Waals surface area contributed by atoms with Gasteiger partial charge in [0.05, 0.1) is 51.2 Å². The van der Waals surface area contributed by atoms with Crippen molar-refractivity contribution in [3.8, 4) is 11.5 Å². The van der Waals surface area contributed by atoms with Crippen LogP contribution in [-0.4, -0.2) is 141 Å². The summed E-state index contributed by atoms with van der Waals surface area (Å²) >= 11 is 0. The number of methoxy groups -OCH3 is 1. The van der Waals surface area contributed by atoms with Gasteiger partial charge in [0.15, 0.2) is 0 Å². The van der Waals surface area contributed by atoms with E-state index in [4.69, 9.17) is 48.7 Å². The molecular weight excluding hydrogens is 901 g/mol. The zero-order valence-corrected chi connectivity index (χ0v) is 39.3. The molecule has 0 aliphatic carbocycles. The molecule has 2 unspecified atom stereocenters. The quantitative estimate of drug-likeness (QED) is 0.159. The van der Waals surface area contributed by atoms with Gasteiger partial charge in [0.1, 0.15) is 45.1 Å². The predicted molar refractivity (Wildman–Crippen MR) is 252 cm³/mol. The number of aromatic carboxylic acids is 1. The Labute approximate surface area is 394 Å². The number of fused-ring (bicyclic) bond motifs is 2. The van der Waals surface area contributed by atoms with Gasteiger partial charge in [0.25, 0.3) is 0 Å². The molecule has 18 nitrogen and oxygen atoms in total. The van der Waals surface area contributed by atoms with Crippen LogP contribution in [0.2, 0.25) is 0 Å². The Balaban J connectivity index is 0.000000168. The Hall–Kier alpha value is -5.44. The molecule has 3 N–H and O–H groups in total. The van der Waals surface area contributed by atoms with E-state index in [1.807, 2.05) is 0 Å². The molecule has 4 aromatic rings. The van der Waals surface area contributed by atoms with Crippen molar-refractivity contribution >= 4 is 57.1 Å². The standard InChI is InChI=1S/C24H30N4O5S.C23H28N4O5S/c1-31-23(29)16-2-4-18(5-3-16)33-19-6-11-28(12-7-19)24-26-20-10-15-34(30)21(20)22(27-24)25-17-8-13-32-14-9-17;28-22(29)15-1-3-17(4-2-15)32-18-5-10-27(11-6-18)23-25-19-9-14-33(30)20(19)21(26-23)24-16-7-12-31-13-8-16/h2-5,17,19H,6-15H2,1H3,(H,25,26,27);1-4,16,18H,5-14H2,(H,28,29)(H,24,25,26). The van der Waals surface area contributed by atoms with E-state index in [1.54, 1.807) is 48.5 Å². The summed E-state index contributed by atoms with van der Waals surface area (Å²) in [5.41, 5.74) is 2.55. The molecule has 2 aromatic carbocycles. The molecule has 358 valence electrons. The second-order valence-corrected chi connectivity index (χ2v) is 20.4. The van der Waals surface area contributed by atoms with E-state index >= 15 is 0 Å². The number of hydrogen-bond donors (Lipinski definition) is 3. The van der Waals surface area contributed by atoms with E-state index in [1.165, 1.54) is 7.11 Å². The molecule has 20 heteroatoms. The van der Waals surface area contributed by atoms with Gasteiger partial charge in [0.2, 0.25) is 11.9 Å². The first-order chi connectivity index (χ1) is 32.7. The van der Waals surface area contributed by atoms with Crippen molar-refractivity contribution in [3.05, 3.63) is 71.0 Å². The average Bonchev–Trinajstić information content (AvgIpc) is 3.94. The van der Waals surface area contributed by atoms with Gasteiger partial charge >= 0.3 is 11.9 Å². The van der Waals surface area contributed by atoms with Crippen molar-refractivity contribution < 1.29 is 46.8 Å². The lowest BCUT2D eigenvalue weighted by atomic mass is 10.1. The number of anilines is 4. The smallest absolute Gasteiger partial charge is 0.337 e. The molecular formula is C47H58N8O10S2. The van der Waals surface area contributed by atoms with Crippen LogP contribution in [0.3, 0.4) is 0 Å². The molecule has 4 fully saturated rings. The normalized spacial score (nSPS) is 21.4. The lowest BCUT2D eigenvalue weighted by Crippen LogP contribution is -2.39. The summed E-state index contributed by atoms with van der Waals surface area (Å²) in [7, 11) is -0.731. The molecule has 67 heavy (non-hydrogen) atoms. The maximum Gasteiger partial charge on any atom is 0.337 e. The maximum atomic E-state index is 12.6. The van der Waals surface area contributed by atoms with E-state index in [0.717, 1.165) is 149 Å². The van der Waals surface area contributed by atoms with E-state index in [0.29, 0.717) is 41.1 Å². The summed E-state index contributed by atoms with van der Waals surface area (Å²) in [6.07, 6.45) is 8.56. The first-order valence-corrected chi connectivity index (χ1v) is 25.9. The highest BCUT2D eigenvalue weighted by Crippen LogP contribution is 2.34. The fourth-order valence-electron chi connectivity index (χ4n) is 9.11. The second kappa shape index (κ2) is 21.7. The number of rotatable bonds is 12. The number of ether oxygens (including phenoxy) is 5. The van der Waals surface area contributed by atoms with Gasteiger partial charge in [-0.15, -0.1) is 0 Å². The number of nitrogens with zero attached hydrogens (tertiary/aromatic N) is 6. The molecule has 0 saturated carbocycles. The molecule has 2 aromatic heterocycles. The number of aromatic nitrogens is 4. The lowest BCUT2D eigenvalue weighted by molar-refractivity contribution is 0.0599. The number of carbonyl (C=O) groups excluding carboxylic acids is 1. The summed E-state index contributed by atoms with van der Waals surface area (Å²) in [4.78, 5) is 47.8. The van der Waals surface area contributed by atoms with Crippen LogP contribution in [0.1, 0.15) is 83.5 Å². The van der Waals surface area contributed by atoms with Crippen molar-refractivity contribution in [2.75, 3.05) is 91.7 Å². The van der Waals surface area contributed by atoms with Crippen LogP contribution < -0.4 is 29.9 Å². The fraction of sp³-hybridized carbons (Fsp3) is 0.532. The number of esters is 1.